The quantitative estimate of drug-likeness (QED) is 0.590. The molecule has 3 N–H and O–H groups in total. The van der Waals surface area contributed by atoms with E-state index in [1.807, 2.05) is 0 Å². The Morgan fingerprint density at radius 1 is 1.31 bits per heavy atom. The van der Waals surface area contributed by atoms with Gasteiger partial charge in [-0.2, -0.15) is 11.8 Å². The van der Waals surface area contributed by atoms with E-state index in [0.717, 1.165) is 11.8 Å². The second kappa shape index (κ2) is 5.28. The van der Waals surface area contributed by atoms with Crippen LogP contribution in [0.15, 0.2) is 0 Å². The normalized spacial score (nSPS) is 42.2. The van der Waals surface area contributed by atoms with Gasteiger partial charge in [0.1, 0.15) is 0 Å². The van der Waals surface area contributed by atoms with Gasteiger partial charge in [0.05, 0.1) is 0 Å². The fourth-order valence-electron chi connectivity index (χ4n) is 3.48. The van der Waals surface area contributed by atoms with Gasteiger partial charge >= 0.3 is 0 Å². The van der Waals surface area contributed by atoms with Gasteiger partial charge in [0, 0.05) is 10.8 Å². The van der Waals surface area contributed by atoms with Gasteiger partial charge in [-0.05, 0) is 50.2 Å². The molecule has 94 valence electrons. The Balaban J connectivity index is 1.99. The molecule has 3 heteroatoms. The molecule has 0 spiro atoms. The Labute approximate surface area is 104 Å². The average molecular weight is 242 g/mol. The third-order valence-corrected chi connectivity index (χ3v) is 6.23. The Morgan fingerprint density at radius 2 is 2.00 bits per heavy atom. The molecule has 1 aliphatic carbocycles. The minimum Gasteiger partial charge on any atom is -0.271 e. The molecule has 2 fully saturated rings. The highest BCUT2D eigenvalue weighted by atomic mass is 32.2. The van der Waals surface area contributed by atoms with Gasteiger partial charge < -0.3 is 0 Å². The van der Waals surface area contributed by atoms with Gasteiger partial charge in [0.2, 0.25) is 0 Å². The lowest BCUT2D eigenvalue weighted by molar-refractivity contribution is 0.202. The van der Waals surface area contributed by atoms with Crippen LogP contribution in [0.3, 0.4) is 0 Å². The first kappa shape index (κ1) is 12.7. The van der Waals surface area contributed by atoms with Crippen LogP contribution in [0.2, 0.25) is 0 Å². The molecule has 2 rings (SSSR count). The number of hydrogen-bond acceptors (Lipinski definition) is 3. The van der Waals surface area contributed by atoms with Crippen LogP contribution in [0.4, 0.5) is 0 Å². The van der Waals surface area contributed by atoms with Gasteiger partial charge in [0.15, 0.2) is 0 Å². The van der Waals surface area contributed by atoms with Gasteiger partial charge in [-0.25, -0.2) is 0 Å². The summed E-state index contributed by atoms with van der Waals surface area (Å²) in [7, 11) is 0. The fourth-order valence-corrected chi connectivity index (χ4v) is 4.96. The lowest BCUT2D eigenvalue weighted by Gasteiger charge is -2.41. The highest BCUT2D eigenvalue weighted by Crippen LogP contribution is 2.45. The van der Waals surface area contributed by atoms with Crippen molar-refractivity contribution in [2.75, 3.05) is 5.75 Å². The van der Waals surface area contributed by atoms with Crippen LogP contribution < -0.4 is 11.3 Å². The number of nitrogens with two attached hydrogens (primary N) is 1. The Morgan fingerprint density at radius 3 is 2.50 bits per heavy atom. The highest BCUT2D eigenvalue weighted by Gasteiger charge is 2.42. The summed E-state index contributed by atoms with van der Waals surface area (Å²) in [6.07, 6.45) is 8.21. The van der Waals surface area contributed by atoms with Gasteiger partial charge in [-0.3, -0.25) is 11.3 Å². The van der Waals surface area contributed by atoms with Crippen LogP contribution in [0, 0.1) is 11.8 Å². The second-order valence-electron chi connectivity index (χ2n) is 5.93. The molecule has 0 aromatic rings. The monoisotopic (exact) mass is 242 g/mol. The zero-order valence-corrected chi connectivity index (χ0v) is 11.5. The molecular formula is C13H26N2S. The van der Waals surface area contributed by atoms with E-state index in [4.69, 9.17) is 5.84 Å². The summed E-state index contributed by atoms with van der Waals surface area (Å²) in [6, 6.07) is 0.521. The number of rotatable bonds is 3. The van der Waals surface area contributed by atoms with Crippen LogP contribution in [-0.4, -0.2) is 16.5 Å². The predicted octanol–water partition coefficient (Wildman–Crippen LogP) is 2.93. The summed E-state index contributed by atoms with van der Waals surface area (Å²) >= 11 is 2.13. The minimum atomic E-state index is 0.389. The van der Waals surface area contributed by atoms with E-state index in [0.29, 0.717) is 10.8 Å². The second-order valence-corrected chi connectivity index (χ2v) is 7.56. The molecule has 1 aliphatic heterocycles. The van der Waals surface area contributed by atoms with E-state index in [-0.39, 0.29) is 0 Å². The van der Waals surface area contributed by atoms with Crippen molar-refractivity contribution in [2.24, 2.45) is 17.7 Å². The molecule has 2 unspecified atom stereocenters. The van der Waals surface area contributed by atoms with E-state index in [9.17, 15) is 0 Å². The molecule has 2 aliphatic rings. The molecule has 0 aromatic carbocycles. The molecule has 0 bridgehead atoms. The lowest BCUT2D eigenvalue weighted by atomic mass is 9.75. The zero-order valence-electron chi connectivity index (χ0n) is 10.7. The van der Waals surface area contributed by atoms with E-state index in [1.54, 1.807) is 0 Å². The van der Waals surface area contributed by atoms with Crippen molar-refractivity contribution in [2.45, 2.75) is 63.2 Å². The minimum absolute atomic E-state index is 0.389. The van der Waals surface area contributed by atoms with Crippen molar-refractivity contribution in [3.05, 3.63) is 0 Å². The lowest BCUT2D eigenvalue weighted by Crippen LogP contribution is -2.53. The molecule has 0 amide bonds. The van der Waals surface area contributed by atoms with Crippen molar-refractivity contribution in [1.29, 1.82) is 0 Å². The van der Waals surface area contributed by atoms with Crippen LogP contribution >= 0.6 is 11.8 Å². The summed E-state index contributed by atoms with van der Waals surface area (Å²) in [6.45, 7) is 4.79. The maximum absolute atomic E-state index is 5.84. The summed E-state index contributed by atoms with van der Waals surface area (Å²) in [5, 5.41) is 0. The molecule has 2 atom stereocenters. The van der Waals surface area contributed by atoms with Crippen LogP contribution in [0.25, 0.3) is 0 Å². The third-order valence-electron chi connectivity index (χ3n) is 4.62. The van der Waals surface area contributed by atoms with E-state index < -0.39 is 0 Å². The van der Waals surface area contributed by atoms with Crippen molar-refractivity contribution in [3.8, 4) is 0 Å². The van der Waals surface area contributed by atoms with Gasteiger partial charge in [-0.15, -0.1) is 0 Å². The topological polar surface area (TPSA) is 38.0 Å². The standard InChI is InChI=1S/C13H26N2S/c1-10-4-6-11(7-5-10)12(15-14)13(2)8-3-9-16-13/h10-12,15H,3-9,14H2,1-2H3. The molecule has 2 nitrogen and oxygen atoms in total. The van der Waals surface area contributed by atoms with Crippen molar-refractivity contribution < 1.29 is 0 Å². The Kier molecular flexibility index (Phi) is 4.20. The number of nitrogens with one attached hydrogen (secondary N) is 1. The Hall–Kier alpha value is 0.270. The van der Waals surface area contributed by atoms with Gasteiger partial charge in [-0.1, -0.05) is 19.8 Å². The first-order valence-corrected chi connectivity index (χ1v) is 7.74. The van der Waals surface area contributed by atoms with Gasteiger partial charge in [0.25, 0.3) is 0 Å². The molecule has 0 radical (unpaired) electrons. The predicted molar refractivity (Wildman–Crippen MR) is 72.3 cm³/mol. The smallest absolute Gasteiger partial charge is 0.0383 e. The molecule has 1 saturated carbocycles. The van der Waals surface area contributed by atoms with Crippen LogP contribution in [-0.2, 0) is 0 Å². The van der Waals surface area contributed by atoms with Crippen LogP contribution in [0.1, 0.15) is 52.4 Å². The summed E-state index contributed by atoms with van der Waals surface area (Å²) in [5.74, 6) is 8.89. The number of thioether (sulfide) groups is 1. The maximum atomic E-state index is 5.84. The van der Waals surface area contributed by atoms with E-state index >= 15 is 0 Å². The number of hydrogen-bond donors (Lipinski definition) is 2. The van der Waals surface area contributed by atoms with Crippen LogP contribution in [0.5, 0.6) is 0 Å². The maximum Gasteiger partial charge on any atom is 0.0383 e. The average Bonchev–Trinajstić information content (AvgIpc) is 2.70. The summed E-state index contributed by atoms with van der Waals surface area (Å²) in [5.41, 5.74) is 3.15. The molecule has 1 saturated heterocycles. The fraction of sp³-hybridized carbons (Fsp3) is 1.00. The summed E-state index contributed by atoms with van der Waals surface area (Å²) < 4.78 is 0.389. The van der Waals surface area contributed by atoms with Crippen molar-refractivity contribution >= 4 is 11.8 Å². The largest absolute Gasteiger partial charge is 0.271 e. The SMILES string of the molecule is CC1CCC(C(NN)C2(C)CCCS2)CC1. The van der Waals surface area contributed by atoms with Crippen molar-refractivity contribution in [1.82, 2.24) is 5.43 Å². The summed E-state index contributed by atoms with van der Waals surface area (Å²) in [4.78, 5) is 0. The van der Waals surface area contributed by atoms with E-state index in [2.05, 4.69) is 31.0 Å². The number of hydrazine groups is 1. The molecular weight excluding hydrogens is 216 g/mol. The van der Waals surface area contributed by atoms with Crippen molar-refractivity contribution in [3.63, 3.8) is 0 Å². The van der Waals surface area contributed by atoms with E-state index in [1.165, 1.54) is 44.3 Å². The third kappa shape index (κ3) is 2.57. The molecule has 16 heavy (non-hydrogen) atoms. The molecule has 1 heterocycles. The first-order chi connectivity index (χ1) is 7.65. The Bertz CT molecular complexity index is 218. The molecule has 0 aromatic heterocycles. The highest BCUT2D eigenvalue weighted by molar-refractivity contribution is 8.00. The first-order valence-electron chi connectivity index (χ1n) is 6.76. The zero-order chi connectivity index (χ0) is 11.6.